The van der Waals surface area contributed by atoms with Gasteiger partial charge in [-0.05, 0) is 44.4 Å². The maximum absolute atomic E-state index is 13.9. The number of aliphatic carboxylic acids is 1. The molecule has 1 rings (SSSR count). The topological polar surface area (TPSA) is 92.4 Å². The summed E-state index contributed by atoms with van der Waals surface area (Å²) in [4.78, 5) is 22.3. The molecule has 0 aliphatic carbocycles. The fraction of sp³-hybridized carbons (Fsp3) is 0.500. The van der Waals surface area contributed by atoms with Crippen molar-refractivity contribution in [2.45, 2.75) is 46.1 Å². The van der Waals surface area contributed by atoms with Gasteiger partial charge in [-0.1, -0.05) is 13.0 Å². The van der Waals surface area contributed by atoms with Crippen molar-refractivity contribution in [2.24, 2.45) is 11.1 Å². The van der Waals surface area contributed by atoms with Crippen LogP contribution < -0.4 is 11.1 Å². The molecule has 0 aliphatic heterocycles. The number of halogens is 1. The number of carboxylic acid groups (broad SMARTS) is 1. The van der Waals surface area contributed by atoms with E-state index in [9.17, 15) is 14.0 Å². The molecule has 0 fully saturated rings. The van der Waals surface area contributed by atoms with Gasteiger partial charge in [0, 0.05) is 12.5 Å². The number of carboxylic acids is 1. The van der Waals surface area contributed by atoms with E-state index in [2.05, 4.69) is 5.32 Å². The Morgan fingerprint density at radius 2 is 2.05 bits per heavy atom. The maximum atomic E-state index is 13.9. The molecule has 1 aromatic carbocycles. The summed E-state index contributed by atoms with van der Waals surface area (Å²) < 4.78 is 13.9. The van der Waals surface area contributed by atoms with Crippen LogP contribution in [-0.2, 0) is 16.0 Å². The standard InChI is InChI=1S/C16H23FN2O3/c1-4-14(20)19-13-6-5-10(8-12(13)17)7-11(18)9-16(2,3)15(21)22/h5-6,8,11H,4,7,9,18H2,1-3H3,(H,19,20)(H,21,22). The van der Waals surface area contributed by atoms with Crippen molar-refractivity contribution in [2.75, 3.05) is 5.32 Å². The molecule has 1 atom stereocenters. The van der Waals surface area contributed by atoms with Crippen LogP contribution in [0.15, 0.2) is 18.2 Å². The van der Waals surface area contributed by atoms with Gasteiger partial charge in [0.25, 0.3) is 0 Å². The minimum Gasteiger partial charge on any atom is -0.481 e. The van der Waals surface area contributed by atoms with Crippen LogP contribution in [0.2, 0.25) is 0 Å². The van der Waals surface area contributed by atoms with Gasteiger partial charge in [-0.3, -0.25) is 9.59 Å². The van der Waals surface area contributed by atoms with Gasteiger partial charge in [0.1, 0.15) is 5.82 Å². The van der Waals surface area contributed by atoms with Crippen LogP contribution in [0.5, 0.6) is 0 Å². The number of carbonyl (C=O) groups is 2. The predicted molar refractivity (Wildman–Crippen MR) is 83.0 cm³/mol. The summed E-state index contributed by atoms with van der Waals surface area (Å²) in [6.45, 7) is 4.91. The van der Waals surface area contributed by atoms with Crippen LogP contribution in [0.1, 0.15) is 39.2 Å². The molecular formula is C16H23FN2O3. The van der Waals surface area contributed by atoms with Crippen molar-refractivity contribution in [1.29, 1.82) is 0 Å². The second-order valence-corrected chi connectivity index (χ2v) is 6.07. The number of nitrogens with two attached hydrogens (primary N) is 1. The molecule has 0 saturated heterocycles. The van der Waals surface area contributed by atoms with Gasteiger partial charge in [-0.25, -0.2) is 4.39 Å². The lowest BCUT2D eigenvalue weighted by Crippen LogP contribution is -2.34. The van der Waals surface area contributed by atoms with E-state index in [1.54, 1.807) is 26.8 Å². The zero-order valence-electron chi connectivity index (χ0n) is 13.1. The highest BCUT2D eigenvalue weighted by atomic mass is 19.1. The maximum Gasteiger partial charge on any atom is 0.309 e. The van der Waals surface area contributed by atoms with Crippen LogP contribution in [0, 0.1) is 11.2 Å². The molecule has 0 spiro atoms. The molecule has 0 saturated carbocycles. The number of anilines is 1. The van der Waals surface area contributed by atoms with Crippen molar-refractivity contribution in [3.8, 4) is 0 Å². The van der Waals surface area contributed by atoms with E-state index in [-0.39, 0.29) is 30.5 Å². The largest absolute Gasteiger partial charge is 0.481 e. The van der Waals surface area contributed by atoms with E-state index in [1.165, 1.54) is 12.1 Å². The third-order valence-electron chi connectivity index (χ3n) is 3.48. The highest BCUT2D eigenvalue weighted by molar-refractivity contribution is 5.90. The van der Waals surface area contributed by atoms with Crippen molar-refractivity contribution >= 4 is 17.6 Å². The molecule has 0 aliphatic rings. The summed E-state index contributed by atoms with van der Waals surface area (Å²) in [5, 5.41) is 11.6. The lowest BCUT2D eigenvalue weighted by Gasteiger charge is -2.23. The summed E-state index contributed by atoms with van der Waals surface area (Å²) in [6.07, 6.45) is 0.935. The number of benzene rings is 1. The Hall–Kier alpha value is -1.95. The number of rotatable bonds is 7. The van der Waals surface area contributed by atoms with Gasteiger partial charge in [0.15, 0.2) is 0 Å². The first-order valence-electron chi connectivity index (χ1n) is 7.23. The number of hydrogen-bond donors (Lipinski definition) is 3. The fourth-order valence-corrected chi connectivity index (χ4v) is 2.14. The molecular weight excluding hydrogens is 287 g/mol. The second-order valence-electron chi connectivity index (χ2n) is 6.07. The van der Waals surface area contributed by atoms with Gasteiger partial charge >= 0.3 is 5.97 Å². The quantitative estimate of drug-likeness (QED) is 0.721. The molecule has 0 aromatic heterocycles. The molecule has 122 valence electrons. The van der Waals surface area contributed by atoms with Crippen molar-refractivity contribution in [3.05, 3.63) is 29.6 Å². The van der Waals surface area contributed by atoms with Gasteiger partial charge in [0.2, 0.25) is 5.91 Å². The molecule has 1 unspecified atom stereocenters. The molecule has 6 heteroatoms. The summed E-state index contributed by atoms with van der Waals surface area (Å²) in [6, 6.07) is 4.11. The summed E-state index contributed by atoms with van der Waals surface area (Å²) in [5.41, 5.74) is 5.84. The van der Waals surface area contributed by atoms with Crippen LogP contribution in [-0.4, -0.2) is 23.0 Å². The first kappa shape index (κ1) is 18.1. The summed E-state index contributed by atoms with van der Waals surface area (Å²) in [5.74, 6) is -1.69. The normalized spacial score (nSPS) is 12.8. The Morgan fingerprint density at radius 3 is 2.55 bits per heavy atom. The number of nitrogens with one attached hydrogen (secondary N) is 1. The number of amides is 1. The van der Waals surface area contributed by atoms with Gasteiger partial charge in [-0.2, -0.15) is 0 Å². The zero-order chi connectivity index (χ0) is 16.9. The second kappa shape index (κ2) is 7.35. The van der Waals surface area contributed by atoms with Crippen molar-refractivity contribution in [3.63, 3.8) is 0 Å². The lowest BCUT2D eigenvalue weighted by molar-refractivity contribution is -0.147. The van der Waals surface area contributed by atoms with Gasteiger partial charge < -0.3 is 16.2 Å². The molecule has 0 bridgehead atoms. The lowest BCUT2D eigenvalue weighted by atomic mass is 9.84. The van der Waals surface area contributed by atoms with E-state index >= 15 is 0 Å². The Morgan fingerprint density at radius 1 is 1.41 bits per heavy atom. The summed E-state index contributed by atoms with van der Waals surface area (Å²) >= 11 is 0. The molecule has 0 heterocycles. The molecule has 1 amide bonds. The van der Waals surface area contributed by atoms with Crippen LogP contribution in [0.25, 0.3) is 0 Å². The monoisotopic (exact) mass is 310 g/mol. The molecule has 22 heavy (non-hydrogen) atoms. The molecule has 0 radical (unpaired) electrons. The van der Waals surface area contributed by atoms with E-state index in [0.717, 1.165) is 0 Å². The molecule has 4 N–H and O–H groups in total. The Balaban J connectivity index is 2.73. The van der Waals surface area contributed by atoms with Gasteiger partial charge in [-0.15, -0.1) is 0 Å². The average Bonchev–Trinajstić information content (AvgIpc) is 2.40. The number of hydrogen-bond acceptors (Lipinski definition) is 3. The fourth-order valence-electron chi connectivity index (χ4n) is 2.14. The highest BCUT2D eigenvalue weighted by Crippen LogP contribution is 2.24. The molecule has 1 aromatic rings. The van der Waals surface area contributed by atoms with E-state index < -0.39 is 17.2 Å². The van der Waals surface area contributed by atoms with Crippen molar-refractivity contribution < 1.29 is 19.1 Å². The Labute approximate surface area is 129 Å². The van der Waals surface area contributed by atoms with Crippen LogP contribution in [0.4, 0.5) is 10.1 Å². The van der Waals surface area contributed by atoms with E-state index in [1.807, 2.05) is 0 Å². The minimum absolute atomic E-state index is 0.134. The zero-order valence-corrected chi connectivity index (χ0v) is 13.1. The number of carbonyl (C=O) groups excluding carboxylic acids is 1. The third kappa shape index (κ3) is 5.11. The molecule has 5 nitrogen and oxygen atoms in total. The van der Waals surface area contributed by atoms with Crippen molar-refractivity contribution in [1.82, 2.24) is 0 Å². The Kier molecular flexibility index (Phi) is 6.05. The minimum atomic E-state index is -0.924. The third-order valence-corrected chi connectivity index (χ3v) is 3.48. The highest BCUT2D eigenvalue weighted by Gasteiger charge is 2.29. The van der Waals surface area contributed by atoms with E-state index in [0.29, 0.717) is 12.0 Å². The van der Waals surface area contributed by atoms with E-state index in [4.69, 9.17) is 10.8 Å². The first-order valence-corrected chi connectivity index (χ1v) is 7.23. The predicted octanol–water partition coefficient (Wildman–Crippen LogP) is 2.54. The van der Waals surface area contributed by atoms with Crippen LogP contribution in [0.3, 0.4) is 0 Å². The smallest absolute Gasteiger partial charge is 0.309 e. The average molecular weight is 310 g/mol. The summed E-state index contributed by atoms with van der Waals surface area (Å²) in [7, 11) is 0. The van der Waals surface area contributed by atoms with Gasteiger partial charge in [0.05, 0.1) is 11.1 Å². The first-order chi connectivity index (χ1) is 10.2. The SMILES string of the molecule is CCC(=O)Nc1ccc(CC(N)CC(C)(C)C(=O)O)cc1F. The van der Waals surface area contributed by atoms with Crippen LogP contribution >= 0.6 is 0 Å². The Bertz CT molecular complexity index is 558.